The lowest BCUT2D eigenvalue weighted by Gasteiger charge is -2.14. The van der Waals surface area contributed by atoms with Crippen molar-refractivity contribution in [3.8, 4) is 0 Å². The molecule has 0 aromatic heterocycles. The van der Waals surface area contributed by atoms with Crippen LogP contribution in [0.25, 0.3) is 0 Å². The van der Waals surface area contributed by atoms with Crippen molar-refractivity contribution in [2.24, 2.45) is 5.92 Å². The summed E-state index contributed by atoms with van der Waals surface area (Å²) in [6, 6.07) is 7.90. The normalized spacial score (nSPS) is 20.9. The van der Waals surface area contributed by atoms with Crippen molar-refractivity contribution in [2.75, 3.05) is 0 Å². The van der Waals surface area contributed by atoms with Crippen LogP contribution in [0.1, 0.15) is 38.2 Å². The van der Waals surface area contributed by atoms with Crippen molar-refractivity contribution in [2.45, 2.75) is 56.1 Å². The molecular weight excluding hydrogens is 272 g/mol. The Morgan fingerprint density at radius 1 is 1.25 bits per heavy atom. The van der Waals surface area contributed by atoms with E-state index in [4.69, 9.17) is 0 Å². The fourth-order valence-corrected chi connectivity index (χ4v) is 3.76. The van der Waals surface area contributed by atoms with Gasteiger partial charge in [0.15, 0.2) is 0 Å². The van der Waals surface area contributed by atoms with E-state index in [1.54, 1.807) is 12.1 Å². The number of hydrogen-bond acceptors (Lipinski definition) is 3. The molecule has 1 unspecified atom stereocenters. The molecule has 20 heavy (non-hydrogen) atoms. The summed E-state index contributed by atoms with van der Waals surface area (Å²) >= 11 is 0. The number of hydrogen-bond donors (Lipinski definition) is 2. The van der Waals surface area contributed by atoms with E-state index in [-0.39, 0.29) is 6.04 Å². The van der Waals surface area contributed by atoms with E-state index in [1.807, 2.05) is 19.1 Å². The van der Waals surface area contributed by atoms with E-state index < -0.39 is 10.0 Å². The standard InChI is InChI=1S/C15H22N2O2S/c1-11(13-5-6-13)17-20(18,19)15-4-2-3-12(9-15)10-16-14-7-8-14/h2-4,9,11,13-14,16-17H,5-8,10H2,1H3. The first-order valence-electron chi connectivity index (χ1n) is 7.39. The Morgan fingerprint density at radius 3 is 2.65 bits per heavy atom. The maximum atomic E-state index is 12.3. The van der Waals surface area contributed by atoms with Gasteiger partial charge in [0.05, 0.1) is 4.90 Å². The topological polar surface area (TPSA) is 58.2 Å². The van der Waals surface area contributed by atoms with Crippen LogP contribution in [0, 0.1) is 5.92 Å². The van der Waals surface area contributed by atoms with Gasteiger partial charge in [-0.05, 0) is 56.2 Å². The summed E-state index contributed by atoms with van der Waals surface area (Å²) in [5, 5.41) is 3.41. The molecule has 0 spiro atoms. The van der Waals surface area contributed by atoms with E-state index in [0.29, 0.717) is 16.9 Å². The maximum absolute atomic E-state index is 12.3. The van der Waals surface area contributed by atoms with Crippen molar-refractivity contribution >= 4 is 10.0 Å². The molecule has 4 nitrogen and oxygen atoms in total. The average molecular weight is 294 g/mol. The summed E-state index contributed by atoms with van der Waals surface area (Å²) in [6.45, 7) is 2.69. The second-order valence-electron chi connectivity index (χ2n) is 6.05. The molecule has 2 N–H and O–H groups in total. The Bertz CT molecular complexity index is 577. The fraction of sp³-hybridized carbons (Fsp3) is 0.600. The molecule has 2 saturated carbocycles. The van der Waals surface area contributed by atoms with Gasteiger partial charge < -0.3 is 5.32 Å². The van der Waals surface area contributed by atoms with Crippen LogP contribution >= 0.6 is 0 Å². The molecule has 2 aliphatic carbocycles. The number of rotatable bonds is 7. The third-order valence-corrected chi connectivity index (χ3v) is 5.61. The molecule has 110 valence electrons. The van der Waals surface area contributed by atoms with E-state index in [2.05, 4.69) is 10.0 Å². The zero-order valence-electron chi connectivity index (χ0n) is 11.8. The van der Waals surface area contributed by atoms with Crippen molar-refractivity contribution in [1.29, 1.82) is 0 Å². The monoisotopic (exact) mass is 294 g/mol. The molecule has 5 heteroatoms. The van der Waals surface area contributed by atoms with Crippen molar-refractivity contribution in [3.05, 3.63) is 29.8 Å². The SMILES string of the molecule is CC(NS(=O)(=O)c1cccc(CNC2CC2)c1)C1CC1. The lowest BCUT2D eigenvalue weighted by Crippen LogP contribution is -2.34. The van der Waals surface area contributed by atoms with Gasteiger partial charge >= 0.3 is 0 Å². The zero-order valence-corrected chi connectivity index (χ0v) is 12.6. The molecule has 3 rings (SSSR count). The first-order valence-corrected chi connectivity index (χ1v) is 8.87. The van der Waals surface area contributed by atoms with Gasteiger partial charge in [-0.1, -0.05) is 12.1 Å². The van der Waals surface area contributed by atoms with E-state index >= 15 is 0 Å². The number of nitrogens with one attached hydrogen (secondary N) is 2. The van der Waals surface area contributed by atoms with Crippen LogP contribution in [-0.2, 0) is 16.6 Å². The zero-order chi connectivity index (χ0) is 14.2. The van der Waals surface area contributed by atoms with Crippen LogP contribution in [0.2, 0.25) is 0 Å². The molecule has 1 atom stereocenters. The van der Waals surface area contributed by atoms with E-state index in [1.165, 1.54) is 12.8 Å². The predicted molar refractivity (Wildman–Crippen MR) is 78.8 cm³/mol. The lowest BCUT2D eigenvalue weighted by atomic mass is 10.2. The largest absolute Gasteiger partial charge is 0.310 e. The van der Waals surface area contributed by atoms with Crippen molar-refractivity contribution in [1.82, 2.24) is 10.0 Å². The van der Waals surface area contributed by atoms with Crippen LogP contribution in [0.15, 0.2) is 29.2 Å². The molecule has 0 aliphatic heterocycles. The third-order valence-electron chi connectivity index (χ3n) is 4.05. The fourth-order valence-electron chi connectivity index (χ4n) is 2.38. The summed E-state index contributed by atoms with van der Waals surface area (Å²) in [4.78, 5) is 0.375. The van der Waals surface area contributed by atoms with Crippen LogP contribution in [-0.4, -0.2) is 20.5 Å². The second-order valence-corrected chi connectivity index (χ2v) is 7.76. The molecule has 0 radical (unpaired) electrons. The first-order chi connectivity index (χ1) is 9.54. The van der Waals surface area contributed by atoms with Gasteiger partial charge in [0.1, 0.15) is 0 Å². The molecule has 1 aromatic carbocycles. The van der Waals surface area contributed by atoms with E-state index in [9.17, 15) is 8.42 Å². The smallest absolute Gasteiger partial charge is 0.240 e. The number of benzene rings is 1. The molecule has 0 bridgehead atoms. The molecule has 0 amide bonds. The minimum Gasteiger partial charge on any atom is -0.310 e. The lowest BCUT2D eigenvalue weighted by molar-refractivity contribution is 0.538. The van der Waals surface area contributed by atoms with Gasteiger partial charge in [0.2, 0.25) is 10.0 Å². The Labute approximate surface area is 121 Å². The average Bonchev–Trinajstić information content (AvgIpc) is 3.29. The maximum Gasteiger partial charge on any atom is 0.240 e. The predicted octanol–water partition coefficient (Wildman–Crippen LogP) is 2.02. The Balaban J connectivity index is 1.68. The molecular formula is C15H22N2O2S. The van der Waals surface area contributed by atoms with Crippen molar-refractivity contribution in [3.63, 3.8) is 0 Å². The van der Waals surface area contributed by atoms with Gasteiger partial charge in [-0.2, -0.15) is 0 Å². The second kappa shape index (κ2) is 5.47. The summed E-state index contributed by atoms with van der Waals surface area (Å²) in [6.07, 6.45) is 4.74. The minimum atomic E-state index is -3.39. The highest BCUT2D eigenvalue weighted by molar-refractivity contribution is 7.89. The summed E-state index contributed by atoms with van der Waals surface area (Å²) in [5.74, 6) is 0.518. The van der Waals surface area contributed by atoms with Crippen LogP contribution < -0.4 is 10.0 Å². The Kier molecular flexibility index (Phi) is 3.84. The highest BCUT2D eigenvalue weighted by Crippen LogP contribution is 2.33. The molecule has 2 aliphatic rings. The Hall–Kier alpha value is -0.910. The van der Waals surface area contributed by atoms with Gasteiger partial charge in [-0.25, -0.2) is 13.1 Å². The summed E-state index contributed by atoms with van der Waals surface area (Å²) < 4.78 is 27.5. The number of sulfonamides is 1. The van der Waals surface area contributed by atoms with Crippen LogP contribution in [0.5, 0.6) is 0 Å². The van der Waals surface area contributed by atoms with Gasteiger partial charge in [-0.15, -0.1) is 0 Å². The van der Waals surface area contributed by atoms with Gasteiger partial charge in [-0.3, -0.25) is 0 Å². The van der Waals surface area contributed by atoms with Crippen LogP contribution in [0.3, 0.4) is 0 Å². The summed E-state index contributed by atoms with van der Waals surface area (Å²) in [5.41, 5.74) is 1.03. The highest BCUT2D eigenvalue weighted by Gasteiger charge is 2.31. The van der Waals surface area contributed by atoms with Crippen LogP contribution in [0.4, 0.5) is 0 Å². The van der Waals surface area contributed by atoms with Gasteiger partial charge in [0, 0.05) is 18.6 Å². The third kappa shape index (κ3) is 3.59. The minimum absolute atomic E-state index is 0.0354. The van der Waals surface area contributed by atoms with Crippen molar-refractivity contribution < 1.29 is 8.42 Å². The van der Waals surface area contributed by atoms with E-state index in [0.717, 1.165) is 24.9 Å². The first kappa shape index (κ1) is 14.0. The summed E-state index contributed by atoms with van der Waals surface area (Å²) in [7, 11) is -3.39. The molecule has 0 saturated heterocycles. The highest BCUT2D eigenvalue weighted by atomic mass is 32.2. The molecule has 0 heterocycles. The molecule has 2 fully saturated rings. The molecule has 1 aromatic rings. The Morgan fingerprint density at radius 2 is 2.00 bits per heavy atom. The van der Waals surface area contributed by atoms with Gasteiger partial charge in [0.25, 0.3) is 0 Å². The quantitative estimate of drug-likeness (QED) is 0.809.